The molecule has 0 aliphatic carbocycles. The van der Waals surface area contributed by atoms with Gasteiger partial charge in [-0.1, -0.05) is 41.5 Å². The molecule has 0 bridgehead atoms. The first kappa shape index (κ1) is 13.8. The smallest absolute Gasteiger partial charge is 0.0919 e. The molecule has 72 valence electrons. The Kier molecular flexibility index (Phi) is 9.54. The van der Waals surface area contributed by atoms with Gasteiger partial charge in [0, 0.05) is 12.4 Å². The van der Waals surface area contributed by atoms with Crippen LogP contribution in [0.3, 0.4) is 0 Å². The van der Waals surface area contributed by atoms with Crippen LogP contribution in [0.25, 0.3) is 0 Å². The van der Waals surface area contributed by atoms with Crippen LogP contribution in [-0.4, -0.2) is 9.97 Å². The summed E-state index contributed by atoms with van der Waals surface area (Å²) < 4.78 is 0. The average Bonchev–Trinajstić information content (AvgIpc) is 2.41. The van der Waals surface area contributed by atoms with E-state index in [4.69, 9.17) is 0 Å². The Morgan fingerprint density at radius 3 is 1.58 bits per heavy atom. The van der Waals surface area contributed by atoms with Crippen molar-refractivity contribution in [1.29, 1.82) is 0 Å². The highest BCUT2D eigenvalue weighted by molar-refractivity contribution is 4.64. The van der Waals surface area contributed by atoms with Crippen molar-refractivity contribution in [2.45, 2.75) is 41.5 Å². The lowest BCUT2D eigenvalue weighted by molar-refractivity contribution is 0.469. The molecule has 2 nitrogen and oxygen atoms in total. The SMILES string of the molecule is CC.CC(C)(C)C.c1c[nH]cn1. The normalized spacial score (nSPS) is 8.83. The van der Waals surface area contributed by atoms with Crippen LogP contribution < -0.4 is 0 Å². The van der Waals surface area contributed by atoms with Gasteiger partial charge in [0.1, 0.15) is 0 Å². The first-order valence-electron chi connectivity index (χ1n) is 4.43. The van der Waals surface area contributed by atoms with Crippen LogP contribution in [0, 0.1) is 5.41 Å². The molecule has 0 unspecified atom stereocenters. The highest BCUT2D eigenvalue weighted by atomic mass is 14.8. The zero-order valence-corrected chi connectivity index (χ0v) is 9.18. The zero-order chi connectivity index (χ0) is 10.0. The lowest BCUT2D eigenvalue weighted by Gasteiger charge is -2.05. The summed E-state index contributed by atoms with van der Waals surface area (Å²) >= 11 is 0. The van der Waals surface area contributed by atoms with E-state index in [9.17, 15) is 0 Å². The number of imidazole rings is 1. The second-order valence-corrected chi connectivity index (χ2v) is 3.76. The molecule has 1 N–H and O–H groups in total. The maximum atomic E-state index is 3.67. The minimum absolute atomic E-state index is 0.500. The molecule has 0 saturated carbocycles. The molecule has 0 radical (unpaired) electrons. The maximum Gasteiger partial charge on any atom is 0.0919 e. The van der Waals surface area contributed by atoms with Gasteiger partial charge in [-0.3, -0.25) is 0 Å². The van der Waals surface area contributed by atoms with Gasteiger partial charge >= 0.3 is 0 Å². The van der Waals surface area contributed by atoms with Gasteiger partial charge in [0.2, 0.25) is 0 Å². The van der Waals surface area contributed by atoms with Crippen molar-refractivity contribution in [3.63, 3.8) is 0 Å². The molecule has 0 atom stereocenters. The van der Waals surface area contributed by atoms with Gasteiger partial charge in [-0.05, 0) is 5.41 Å². The summed E-state index contributed by atoms with van der Waals surface area (Å²) in [5.74, 6) is 0. The number of H-pyrrole nitrogens is 1. The van der Waals surface area contributed by atoms with E-state index >= 15 is 0 Å². The first-order chi connectivity index (χ1) is 5.50. The molecule has 1 aromatic heterocycles. The molecule has 1 aromatic rings. The van der Waals surface area contributed by atoms with E-state index in [1.54, 1.807) is 18.7 Å². The van der Waals surface area contributed by atoms with Crippen LogP contribution >= 0.6 is 0 Å². The summed E-state index contributed by atoms with van der Waals surface area (Å²) in [7, 11) is 0. The molecule has 1 heterocycles. The summed E-state index contributed by atoms with van der Waals surface area (Å²) in [6.07, 6.45) is 5.08. The molecule has 0 saturated heterocycles. The van der Waals surface area contributed by atoms with Crippen LogP contribution in [0.2, 0.25) is 0 Å². The minimum atomic E-state index is 0.500. The van der Waals surface area contributed by atoms with Crippen LogP contribution in [-0.2, 0) is 0 Å². The average molecular weight is 170 g/mol. The number of aromatic amines is 1. The van der Waals surface area contributed by atoms with Gasteiger partial charge in [-0.25, -0.2) is 4.98 Å². The molecule has 12 heavy (non-hydrogen) atoms. The highest BCUT2D eigenvalue weighted by Gasteiger charge is 1.95. The van der Waals surface area contributed by atoms with Crippen LogP contribution in [0.1, 0.15) is 41.5 Å². The van der Waals surface area contributed by atoms with Gasteiger partial charge in [0.25, 0.3) is 0 Å². The van der Waals surface area contributed by atoms with E-state index < -0.39 is 0 Å². The van der Waals surface area contributed by atoms with E-state index in [-0.39, 0.29) is 0 Å². The maximum absolute atomic E-state index is 3.67. The Hall–Kier alpha value is -0.790. The first-order valence-corrected chi connectivity index (χ1v) is 4.43. The summed E-state index contributed by atoms with van der Waals surface area (Å²) in [4.78, 5) is 6.42. The molecule has 1 rings (SSSR count). The highest BCUT2D eigenvalue weighted by Crippen LogP contribution is 2.07. The lowest BCUT2D eigenvalue weighted by atomic mass is 10.0. The van der Waals surface area contributed by atoms with E-state index in [0.29, 0.717) is 5.41 Å². The summed E-state index contributed by atoms with van der Waals surface area (Å²) in [5, 5.41) is 0. The number of rotatable bonds is 0. The van der Waals surface area contributed by atoms with Crippen molar-refractivity contribution >= 4 is 0 Å². The Labute approximate surface area is 76.4 Å². The van der Waals surface area contributed by atoms with Gasteiger partial charge in [-0.15, -0.1) is 0 Å². The van der Waals surface area contributed by atoms with Crippen LogP contribution in [0.4, 0.5) is 0 Å². The van der Waals surface area contributed by atoms with Gasteiger partial charge < -0.3 is 4.98 Å². The fourth-order valence-electron chi connectivity index (χ4n) is 0.215. The number of aromatic nitrogens is 2. The van der Waals surface area contributed by atoms with Crippen LogP contribution in [0.5, 0.6) is 0 Å². The van der Waals surface area contributed by atoms with Crippen molar-refractivity contribution in [3.8, 4) is 0 Å². The summed E-state index contributed by atoms with van der Waals surface area (Å²) in [5.41, 5.74) is 0.500. The Balaban J connectivity index is 0. The third kappa shape index (κ3) is 35.0. The Morgan fingerprint density at radius 1 is 1.08 bits per heavy atom. The van der Waals surface area contributed by atoms with E-state index in [1.165, 1.54) is 0 Å². The number of hydrogen-bond donors (Lipinski definition) is 1. The van der Waals surface area contributed by atoms with Gasteiger partial charge in [0.15, 0.2) is 0 Å². The largest absolute Gasteiger partial charge is 0.351 e. The predicted octanol–water partition coefficient (Wildman–Crippen LogP) is 3.49. The molecule has 0 amide bonds. The predicted molar refractivity (Wildman–Crippen MR) is 55.1 cm³/mol. The van der Waals surface area contributed by atoms with Crippen LogP contribution in [0.15, 0.2) is 18.7 Å². The Morgan fingerprint density at radius 2 is 1.50 bits per heavy atom. The number of nitrogens with zero attached hydrogens (tertiary/aromatic N) is 1. The molecule has 0 aliphatic rings. The van der Waals surface area contributed by atoms with E-state index in [0.717, 1.165) is 0 Å². The minimum Gasteiger partial charge on any atom is -0.351 e. The van der Waals surface area contributed by atoms with Gasteiger partial charge in [0.05, 0.1) is 6.33 Å². The molecule has 0 spiro atoms. The van der Waals surface area contributed by atoms with E-state index in [2.05, 4.69) is 37.7 Å². The lowest BCUT2D eigenvalue weighted by Crippen LogP contribution is -1.93. The summed E-state index contributed by atoms with van der Waals surface area (Å²) in [6, 6.07) is 0. The summed E-state index contributed by atoms with van der Waals surface area (Å²) in [6.45, 7) is 12.8. The van der Waals surface area contributed by atoms with Gasteiger partial charge in [-0.2, -0.15) is 0 Å². The monoisotopic (exact) mass is 170 g/mol. The molecule has 0 aromatic carbocycles. The Bertz CT molecular complexity index is 114. The van der Waals surface area contributed by atoms with Crippen molar-refractivity contribution in [1.82, 2.24) is 9.97 Å². The number of hydrogen-bond acceptors (Lipinski definition) is 1. The second kappa shape index (κ2) is 8.31. The fourth-order valence-corrected chi connectivity index (χ4v) is 0.215. The molecule has 0 fully saturated rings. The quantitative estimate of drug-likeness (QED) is 0.634. The topological polar surface area (TPSA) is 28.7 Å². The molecular weight excluding hydrogens is 148 g/mol. The van der Waals surface area contributed by atoms with Crippen molar-refractivity contribution < 1.29 is 0 Å². The third-order valence-electron chi connectivity index (χ3n) is 0.406. The standard InChI is InChI=1S/C5H12.C3H4N2.C2H6/c1-5(2,3)4;1-2-5-3-4-1;1-2/h1-4H3;1-3H,(H,4,5);1-2H3. The van der Waals surface area contributed by atoms with E-state index in [1.807, 2.05) is 13.8 Å². The van der Waals surface area contributed by atoms with Crippen molar-refractivity contribution in [2.24, 2.45) is 5.41 Å². The van der Waals surface area contributed by atoms with Crippen molar-refractivity contribution in [2.75, 3.05) is 0 Å². The molecule has 2 heteroatoms. The second-order valence-electron chi connectivity index (χ2n) is 3.76. The molecular formula is C10H22N2. The number of nitrogens with one attached hydrogen (secondary N) is 1. The fraction of sp³-hybridized carbons (Fsp3) is 0.700. The van der Waals surface area contributed by atoms with Crippen molar-refractivity contribution in [3.05, 3.63) is 18.7 Å². The molecule has 0 aliphatic heterocycles. The zero-order valence-electron chi connectivity index (χ0n) is 9.18. The third-order valence-corrected chi connectivity index (χ3v) is 0.406.